The first-order valence-corrected chi connectivity index (χ1v) is 9.58. The second-order valence-corrected chi connectivity index (χ2v) is 8.63. The molecule has 5 heteroatoms. The second kappa shape index (κ2) is 5.89. The van der Waals surface area contributed by atoms with Crippen molar-refractivity contribution >= 4 is 22.6 Å². The standard InChI is InChI=1S/C16H27IO4/c1-15(2)6-4-5-7-16(3)9-19-13-12(18)11(15)10(8-17)20-14(13)21-16/h10-14,18H,4-9H2,1-3H3. The molecule has 4 nitrogen and oxygen atoms in total. The lowest BCUT2D eigenvalue weighted by Crippen LogP contribution is -2.64. The Labute approximate surface area is 141 Å². The van der Waals surface area contributed by atoms with Gasteiger partial charge in [-0.05, 0) is 25.2 Å². The molecule has 6 unspecified atom stereocenters. The zero-order chi connectivity index (χ0) is 15.3. The van der Waals surface area contributed by atoms with E-state index in [1.165, 1.54) is 6.42 Å². The van der Waals surface area contributed by atoms with Gasteiger partial charge in [0.05, 0.1) is 24.4 Å². The SMILES string of the molecule is CC12CCCCC(C)(C)C3C(CI)OC(O1)C(OC2)C3O. The number of rotatable bonds is 1. The van der Waals surface area contributed by atoms with Crippen molar-refractivity contribution < 1.29 is 19.3 Å². The van der Waals surface area contributed by atoms with Gasteiger partial charge >= 0.3 is 0 Å². The molecule has 5 fully saturated rings. The van der Waals surface area contributed by atoms with Crippen molar-refractivity contribution in [2.24, 2.45) is 11.3 Å². The van der Waals surface area contributed by atoms with Gasteiger partial charge in [0.1, 0.15) is 6.10 Å². The fourth-order valence-electron chi connectivity index (χ4n) is 4.25. The second-order valence-electron chi connectivity index (χ2n) is 7.75. The van der Waals surface area contributed by atoms with Crippen molar-refractivity contribution in [3.8, 4) is 0 Å². The normalized spacial score (nSPS) is 49.9. The van der Waals surface area contributed by atoms with Crippen LogP contribution in [-0.2, 0) is 14.2 Å². The third-order valence-corrected chi connectivity index (χ3v) is 6.36. The molecule has 0 aromatic rings. The van der Waals surface area contributed by atoms with Gasteiger partial charge in [-0.25, -0.2) is 0 Å². The number of aliphatic hydroxyl groups is 1. The zero-order valence-corrected chi connectivity index (χ0v) is 15.3. The highest BCUT2D eigenvalue weighted by Gasteiger charge is 2.55. The topological polar surface area (TPSA) is 47.9 Å². The average Bonchev–Trinajstić information content (AvgIpc) is 2.45. The molecule has 0 saturated carbocycles. The molecule has 5 rings (SSSR count). The van der Waals surface area contributed by atoms with Crippen LogP contribution < -0.4 is 0 Å². The quantitative estimate of drug-likeness (QED) is 0.534. The van der Waals surface area contributed by atoms with Crippen LogP contribution in [0.1, 0.15) is 46.5 Å². The molecule has 5 heterocycles. The predicted molar refractivity (Wildman–Crippen MR) is 88.5 cm³/mol. The minimum absolute atomic E-state index is 0.0286. The number of ether oxygens (including phenoxy) is 3. The van der Waals surface area contributed by atoms with Gasteiger partial charge in [0.2, 0.25) is 0 Å². The molecule has 5 aliphatic rings. The Bertz CT molecular complexity index is 388. The molecule has 21 heavy (non-hydrogen) atoms. The third kappa shape index (κ3) is 3.01. The van der Waals surface area contributed by atoms with Gasteiger partial charge in [-0.15, -0.1) is 0 Å². The van der Waals surface area contributed by atoms with Gasteiger partial charge in [-0.3, -0.25) is 0 Å². The molecular formula is C16H27IO4. The van der Waals surface area contributed by atoms with E-state index in [1.54, 1.807) is 0 Å². The van der Waals surface area contributed by atoms with Gasteiger partial charge in [-0.1, -0.05) is 49.3 Å². The fraction of sp³-hybridized carbons (Fsp3) is 1.00. The van der Waals surface area contributed by atoms with Gasteiger partial charge < -0.3 is 19.3 Å². The molecule has 0 aromatic heterocycles. The van der Waals surface area contributed by atoms with E-state index in [0.29, 0.717) is 6.61 Å². The minimum Gasteiger partial charge on any atom is -0.390 e. The Balaban J connectivity index is 1.96. The lowest BCUT2D eigenvalue weighted by molar-refractivity contribution is -0.366. The molecule has 1 N–H and O–H groups in total. The highest BCUT2D eigenvalue weighted by Crippen LogP contribution is 2.47. The lowest BCUT2D eigenvalue weighted by Gasteiger charge is -2.53. The van der Waals surface area contributed by atoms with Crippen LogP contribution in [0.3, 0.4) is 0 Å². The monoisotopic (exact) mass is 410 g/mol. The number of alkyl halides is 1. The molecule has 0 aromatic carbocycles. The highest BCUT2D eigenvalue weighted by molar-refractivity contribution is 14.1. The molecule has 6 atom stereocenters. The summed E-state index contributed by atoms with van der Waals surface area (Å²) in [7, 11) is 0. The Morgan fingerprint density at radius 2 is 1.90 bits per heavy atom. The van der Waals surface area contributed by atoms with Crippen LogP contribution in [-0.4, -0.2) is 46.3 Å². The molecule has 0 aliphatic carbocycles. The van der Waals surface area contributed by atoms with Crippen LogP contribution in [0.5, 0.6) is 0 Å². The lowest BCUT2D eigenvalue weighted by atomic mass is 9.68. The van der Waals surface area contributed by atoms with Crippen LogP contribution in [0, 0.1) is 11.3 Å². The fourth-order valence-corrected chi connectivity index (χ4v) is 5.01. The Kier molecular flexibility index (Phi) is 4.61. The molecule has 0 radical (unpaired) electrons. The van der Waals surface area contributed by atoms with Crippen molar-refractivity contribution in [1.29, 1.82) is 0 Å². The summed E-state index contributed by atoms with van der Waals surface area (Å²) < 4.78 is 19.3. The van der Waals surface area contributed by atoms with E-state index in [1.807, 2.05) is 0 Å². The van der Waals surface area contributed by atoms with E-state index in [0.717, 1.165) is 23.7 Å². The molecule has 5 aliphatic heterocycles. The summed E-state index contributed by atoms with van der Waals surface area (Å²) >= 11 is 2.36. The number of fused-ring (bicyclic) bond motifs is 2. The summed E-state index contributed by atoms with van der Waals surface area (Å²) in [5.74, 6) is 0.0988. The first kappa shape index (κ1) is 16.4. The molecular weight excluding hydrogens is 383 g/mol. The van der Waals surface area contributed by atoms with E-state index in [4.69, 9.17) is 14.2 Å². The van der Waals surface area contributed by atoms with E-state index in [9.17, 15) is 5.11 Å². The largest absolute Gasteiger partial charge is 0.390 e. The number of hydrogen-bond donors (Lipinski definition) is 1. The van der Waals surface area contributed by atoms with E-state index >= 15 is 0 Å². The van der Waals surface area contributed by atoms with E-state index in [2.05, 4.69) is 43.4 Å². The number of aliphatic hydroxyl groups excluding tert-OH is 1. The van der Waals surface area contributed by atoms with Crippen molar-refractivity contribution in [2.75, 3.05) is 11.0 Å². The van der Waals surface area contributed by atoms with Crippen LogP contribution in [0.15, 0.2) is 0 Å². The summed E-state index contributed by atoms with van der Waals surface area (Å²) in [5, 5.41) is 10.9. The highest BCUT2D eigenvalue weighted by atomic mass is 127. The van der Waals surface area contributed by atoms with Crippen LogP contribution in [0.4, 0.5) is 0 Å². The molecule has 0 amide bonds. The van der Waals surface area contributed by atoms with Crippen molar-refractivity contribution in [3.63, 3.8) is 0 Å². The maximum Gasteiger partial charge on any atom is 0.187 e. The van der Waals surface area contributed by atoms with Crippen molar-refractivity contribution in [3.05, 3.63) is 0 Å². The third-order valence-electron chi connectivity index (χ3n) is 5.50. The Morgan fingerprint density at radius 3 is 2.62 bits per heavy atom. The summed E-state index contributed by atoms with van der Waals surface area (Å²) in [6.07, 6.45) is 3.14. The van der Waals surface area contributed by atoms with Gasteiger partial charge in [0, 0.05) is 10.3 Å². The molecule has 0 spiro atoms. The van der Waals surface area contributed by atoms with Crippen molar-refractivity contribution in [1.82, 2.24) is 0 Å². The maximum absolute atomic E-state index is 10.9. The Hall–Kier alpha value is 0.570. The van der Waals surface area contributed by atoms with E-state index in [-0.39, 0.29) is 29.1 Å². The molecule has 4 bridgehead atoms. The maximum atomic E-state index is 10.9. The average molecular weight is 410 g/mol. The minimum atomic E-state index is -0.513. The summed E-state index contributed by atoms with van der Waals surface area (Å²) in [6, 6.07) is 0. The molecule has 122 valence electrons. The zero-order valence-electron chi connectivity index (χ0n) is 13.2. The summed E-state index contributed by atoms with van der Waals surface area (Å²) in [6.45, 7) is 7.18. The summed E-state index contributed by atoms with van der Waals surface area (Å²) in [4.78, 5) is 0. The van der Waals surface area contributed by atoms with Gasteiger partial charge in [0.25, 0.3) is 0 Å². The van der Waals surface area contributed by atoms with Crippen LogP contribution in [0.25, 0.3) is 0 Å². The van der Waals surface area contributed by atoms with Crippen molar-refractivity contribution in [2.45, 2.75) is 76.7 Å². The summed E-state index contributed by atoms with van der Waals surface area (Å²) in [5.41, 5.74) is -0.231. The first-order chi connectivity index (χ1) is 9.86. The number of hydrogen-bond acceptors (Lipinski definition) is 4. The number of halogens is 1. The first-order valence-electron chi connectivity index (χ1n) is 8.05. The van der Waals surface area contributed by atoms with Gasteiger partial charge in [-0.2, -0.15) is 0 Å². The van der Waals surface area contributed by atoms with Gasteiger partial charge in [0.15, 0.2) is 6.29 Å². The smallest absolute Gasteiger partial charge is 0.187 e. The molecule has 5 saturated heterocycles. The Morgan fingerprint density at radius 1 is 1.19 bits per heavy atom. The predicted octanol–water partition coefficient (Wildman–Crippen LogP) is 2.90. The van der Waals surface area contributed by atoms with Crippen LogP contribution >= 0.6 is 22.6 Å². The van der Waals surface area contributed by atoms with Crippen LogP contribution in [0.2, 0.25) is 0 Å². The van der Waals surface area contributed by atoms with E-state index < -0.39 is 12.4 Å².